The third kappa shape index (κ3) is 4.28. The SMILES string of the molecule is Cl.Cn1ccnc1C1CNCCN1C(=O)CSc1ccccc1. The van der Waals surface area contributed by atoms with Crippen molar-refractivity contribution in [1.29, 1.82) is 0 Å². The maximum Gasteiger partial charge on any atom is 0.233 e. The Kier molecular flexibility index (Phi) is 6.50. The summed E-state index contributed by atoms with van der Waals surface area (Å²) in [6, 6.07) is 10.1. The van der Waals surface area contributed by atoms with Gasteiger partial charge in [0, 0.05) is 44.0 Å². The van der Waals surface area contributed by atoms with E-state index in [1.165, 1.54) is 0 Å². The number of carbonyl (C=O) groups is 1. The van der Waals surface area contributed by atoms with Gasteiger partial charge in [0.1, 0.15) is 11.9 Å². The van der Waals surface area contributed by atoms with Gasteiger partial charge in [0.25, 0.3) is 0 Å². The highest BCUT2D eigenvalue weighted by atomic mass is 35.5. The minimum Gasteiger partial charge on any atom is -0.336 e. The van der Waals surface area contributed by atoms with Gasteiger partial charge in [0.05, 0.1) is 5.75 Å². The molecule has 23 heavy (non-hydrogen) atoms. The van der Waals surface area contributed by atoms with Crippen molar-refractivity contribution in [1.82, 2.24) is 19.8 Å². The molecule has 5 nitrogen and oxygen atoms in total. The Bertz CT molecular complexity index is 634. The van der Waals surface area contributed by atoms with Gasteiger partial charge < -0.3 is 14.8 Å². The van der Waals surface area contributed by atoms with Crippen LogP contribution in [0.5, 0.6) is 0 Å². The average molecular weight is 353 g/mol. The van der Waals surface area contributed by atoms with Gasteiger partial charge in [-0.3, -0.25) is 4.79 Å². The summed E-state index contributed by atoms with van der Waals surface area (Å²) >= 11 is 1.59. The van der Waals surface area contributed by atoms with Crippen molar-refractivity contribution in [2.45, 2.75) is 10.9 Å². The molecule has 2 aromatic rings. The number of nitrogens with one attached hydrogen (secondary N) is 1. The van der Waals surface area contributed by atoms with Crippen LogP contribution in [0.25, 0.3) is 0 Å². The molecule has 7 heteroatoms. The third-order valence-electron chi connectivity index (χ3n) is 3.83. The number of aryl methyl sites for hydroxylation is 1. The summed E-state index contributed by atoms with van der Waals surface area (Å²) in [5, 5.41) is 3.35. The molecular weight excluding hydrogens is 332 g/mol. The maximum atomic E-state index is 12.6. The Hall–Kier alpha value is -1.50. The normalized spacial score (nSPS) is 17.6. The first-order valence-electron chi connectivity index (χ1n) is 7.41. The van der Waals surface area contributed by atoms with Crippen molar-refractivity contribution >= 4 is 30.1 Å². The van der Waals surface area contributed by atoms with Gasteiger partial charge in [-0.05, 0) is 12.1 Å². The second-order valence-corrected chi connectivity index (χ2v) is 6.35. The van der Waals surface area contributed by atoms with Crippen LogP contribution in [0.1, 0.15) is 11.9 Å². The minimum absolute atomic E-state index is 0. The van der Waals surface area contributed by atoms with Crippen molar-refractivity contribution in [2.24, 2.45) is 7.05 Å². The number of halogens is 1. The van der Waals surface area contributed by atoms with Gasteiger partial charge in [0.15, 0.2) is 0 Å². The zero-order chi connectivity index (χ0) is 15.4. The smallest absolute Gasteiger partial charge is 0.233 e. The predicted molar refractivity (Wildman–Crippen MR) is 94.9 cm³/mol. The highest BCUT2D eigenvalue weighted by Gasteiger charge is 2.30. The fourth-order valence-corrected chi connectivity index (χ4v) is 3.48. The highest BCUT2D eigenvalue weighted by molar-refractivity contribution is 8.00. The zero-order valence-electron chi connectivity index (χ0n) is 13.0. The number of benzene rings is 1. The van der Waals surface area contributed by atoms with Crippen molar-refractivity contribution in [3.05, 3.63) is 48.5 Å². The second kappa shape index (κ2) is 8.38. The van der Waals surface area contributed by atoms with Crippen LogP contribution in [0.2, 0.25) is 0 Å². The monoisotopic (exact) mass is 352 g/mol. The number of aromatic nitrogens is 2. The third-order valence-corrected chi connectivity index (χ3v) is 4.82. The van der Waals surface area contributed by atoms with Crippen LogP contribution >= 0.6 is 24.2 Å². The first kappa shape index (κ1) is 17.8. The van der Waals surface area contributed by atoms with E-state index in [1.54, 1.807) is 18.0 Å². The summed E-state index contributed by atoms with van der Waals surface area (Å²) in [7, 11) is 1.97. The van der Waals surface area contributed by atoms with Crippen LogP contribution < -0.4 is 5.32 Å². The quantitative estimate of drug-likeness (QED) is 0.856. The van der Waals surface area contributed by atoms with E-state index in [9.17, 15) is 4.79 Å². The van der Waals surface area contributed by atoms with Crippen molar-refractivity contribution in [3.8, 4) is 0 Å². The Morgan fingerprint density at radius 3 is 2.87 bits per heavy atom. The van der Waals surface area contributed by atoms with E-state index in [2.05, 4.69) is 10.3 Å². The van der Waals surface area contributed by atoms with Crippen LogP contribution in [0.3, 0.4) is 0 Å². The summed E-state index contributed by atoms with van der Waals surface area (Å²) in [6.45, 7) is 2.32. The summed E-state index contributed by atoms with van der Waals surface area (Å²) in [6.07, 6.45) is 3.70. The molecule has 1 aromatic carbocycles. The van der Waals surface area contributed by atoms with E-state index in [0.29, 0.717) is 5.75 Å². The number of hydrogen-bond acceptors (Lipinski definition) is 4. The first-order chi connectivity index (χ1) is 10.8. The standard InChI is InChI=1S/C16H20N4OS.ClH/c1-19-9-8-18-16(19)14-11-17-7-10-20(14)15(21)12-22-13-5-3-2-4-6-13;/h2-6,8-9,14,17H,7,10-12H2,1H3;1H. The number of thioether (sulfide) groups is 1. The topological polar surface area (TPSA) is 50.2 Å². The summed E-state index contributed by atoms with van der Waals surface area (Å²) < 4.78 is 1.99. The van der Waals surface area contributed by atoms with Crippen LogP contribution in [0.4, 0.5) is 0 Å². The first-order valence-corrected chi connectivity index (χ1v) is 8.39. The summed E-state index contributed by atoms with van der Waals surface area (Å²) in [5.41, 5.74) is 0. The molecule has 1 aliphatic rings. The number of hydrogen-bond donors (Lipinski definition) is 1. The lowest BCUT2D eigenvalue weighted by Gasteiger charge is -2.35. The van der Waals surface area contributed by atoms with Crippen LogP contribution in [0, 0.1) is 0 Å². The molecule has 1 N–H and O–H groups in total. The summed E-state index contributed by atoms with van der Waals surface area (Å²) in [5.74, 6) is 1.57. The predicted octanol–water partition coefficient (Wildman–Crippen LogP) is 2.11. The van der Waals surface area contributed by atoms with E-state index >= 15 is 0 Å². The Labute approximate surface area is 146 Å². The van der Waals surface area contributed by atoms with Crippen LogP contribution in [-0.2, 0) is 11.8 Å². The molecule has 1 atom stereocenters. The molecule has 1 amide bonds. The van der Waals surface area contributed by atoms with E-state index < -0.39 is 0 Å². The summed E-state index contributed by atoms with van der Waals surface area (Å²) in [4.78, 5) is 20.1. The van der Waals surface area contributed by atoms with Crippen molar-refractivity contribution in [3.63, 3.8) is 0 Å². The lowest BCUT2D eigenvalue weighted by atomic mass is 10.1. The number of rotatable bonds is 4. The molecule has 124 valence electrons. The molecule has 1 aromatic heterocycles. The molecule has 0 spiro atoms. The number of imidazole rings is 1. The number of amides is 1. The maximum absolute atomic E-state index is 12.6. The number of carbonyl (C=O) groups excluding carboxylic acids is 1. The minimum atomic E-state index is 0. The number of piperazine rings is 1. The molecular formula is C16H21ClN4OS. The fraction of sp³-hybridized carbons (Fsp3) is 0.375. The van der Waals surface area contributed by atoms with Gasteiger partial charge in [-0.1, -0.05) is 18.2 Å². The Morgan fingerprint density at radius 2 is 2.17 bits per heavy atom. The Balaban J connectivity index is 0.00000192. The van der Waals surface area contributed by atoms with Crippen LogP contribution in [0.15, 0.2) is 47.6 Å². The van der Waals surface area contributed by atoms with E-state index in [4.69, 9.17) is 0 Å². The molecule has 0 bridgehead atoms. The zero-order valence-corrected chi connectivity index (χ0v) is 14.6. The Morgan fingerprint density at radius 1 is 1.39 bits per heavy atom. The lowest BCUT2D eigenvalue weighted by Crippen LogP contribution is -2.50. The molecule has 1 saturated heterocycles. The number of nitrogens with zero attached hydrogens (tertiary/aromatic N) is 3. The van der Waals surface area contributed by atoms with Gasteiger partial charge in [-0.25, -0.2) is 4.98 Å². The molecule has 2 heterocycles. The van der Waals surface area contributed by atoms with Crippen molar-refractivity contribution < 1.29 is 4.79 Å². The largest absolute Gasteiger partial charge is 0.336 e. The highest BCUT2D eigenvalue weighted by Crippen LogP contribution is 2.23. The lowest BCUT2D eigenvalue weighted by molar-refractivity contribution is -0.131. The second-order valence-electron chi connectivity index (χ2n) is 5.31. The van der Waals surface area contributed by atoms with Crippen molar-refractivity contribution in [2.75, 3.05) is 25.4 Å². The fourth-order valence-electron chi connectivity index (χ4n) is 2.68. The molecule has 1 aliphatic heterocycles. The molecule has 1 fully saturated rings. The van der Waals surface area contributed by atoms with Gasteiger partial charge in [-0.15, -0.1) is 24.2 Å². The molecule has 1 unspecified atom stereocenters. The average Bonchev–Trinajstić information content (AvgIpc) is 2.99. The molecule has 0 radical (unpaired) electrons. The molecule has 0 aliphatic carbocycles. The van der Waals surface area contributed by atoms with E-state index in [-0.39, 0.29) is 24.4 Å². The van der Waals surface area contributed by atoms with Gasteiger partial charge in [0.2, 0.25) is 5.91 Å². The molecule has 0 saturated carbocycles. The van der Waals surface area contributed by atoms with Gasteiger partial charge >= 0.3 is 0 Å². The van der Waals surface area contributed by atoms with Gasteiger partial charge in [-0.2, -0.15) is 0 Å². The van der Waals surface area contributed by atoms with E-state index in [1.807, 2.05) is 53.0 Å². The van der Waals surface area contributed by atoms with E-state index in [0.717, 1.165) is 30.4 Å². The van der Waals surface area contributed by atoms with Crippen LogP contribution in [-0.4, -0.2) is 45.7 Å². The molecule has 3 rings (SSSR count).